The number of benzene rings is 2. The van der Waals surface area contributed by atoms with Crippen LogP contribution >= 0.6 is 0 Å². The van der Waals surface area contributed by atoms with Crippen LogP contribution in [0, 0.1) is 5.82 Å². The summed E-state index contributed by atoms with van der Waals surface area (Å²) in [5.41, 5.74) is 1.74. The van der Waals surface area contributed by atoms with Gasteiger partial charge in [-0.1, -0.05) is 31.5 Å². The Kier molecular flexibility index (Phi) is 6.32. The van der Waals surface area contributed by atoms with Gasteiger partial charge < -0.3 is 9.64 Å². The second-order valence-electron chi connectivity index (χ2n) is 6.46. The molecule has 2 aromatic carbocycles. The van der Waals surface area contributed by atoms with E-state index in [1.807, 2.05) is 0 Å². The van der Waals surface area contributed by atoms with Crippen molar-refractivity contribution in [2.75, 3.05) is 13.6 Å². The lowest BCUT2D eigenvalue weighted by molar-refractivity contribution is 0.0793. The number of halogens is 1. The first-order chi connectivity index (χ1) is 13.6. The molecule has 6 heteroatoms. The number of rotatable bonds is 7. The Labute approximate surface area is 163 Å². The Morgan fingerprint density at radius 1 is 1.11 bits per heavy atom. The molecule has 0 atom stereocenters. The molecule has 0 spiro atoms. The van der Waals surface area contributed by atoms with Gasteiger partial charge in [0.05, 0.1) is 5.69 Å². The SMILES string of the molecule is CCCCN(C)C(=O)c1cccc(Oc2cc(-c3cccc(F)c3)ncn2)c1. The lowest BCUT2D eigenvalue weighted by atomic mass is 10.1. The maximum Gasteiger partial charge on any atom is 0.253 e. The van der Waals surface area contributed by atoms with Gasteiger partial charge >= 0.3 is 0 Å². The second kappa shape index (κ2) is 9.08. The highest BCUT2D eigenvalue weighted by atomic mass is 19.1. The molecule has 3 rings (SSSR count). The van der Waals surface area contributed by atoms with Gasteiger partial charge in [-0.25, -0.2) is 14.4 Å². The van der Waals surface area contributed by atoms with E-state index in [9.17, 15) is 9.18 Å². The van der Waals surface area contributed by atoms with Crippen LogP contribution in [0.5, 0.6) is 11.6 Å². The molecule has 0 N–H and O–H groups in total. The van der Waals surface area contributed by atoms with Crippen molar-refractivity contribution in [2.24, 2.45) is 0 Å². The van der Waals surface area contributed by atoms with Gasteiger partial charge in [0.1, 0.15) is 17.9 Å². The number of carbonyl (C=O) groups is 1. The first kappa shape index (κ1) is 19.5. The van der Waals surface area contributed by atoms with E-state index in [-0.39, 0.29) is 11.7 Å². The molecule has 28 heavy (non-hydrogen) atoms. The molecule has 0 aliphatic carbocycles. The van der Waals surface area contributed by atoms with Crippen molar-refractivity contribution < 1.29 is 13.9 Å². The van der Waals surface area contributed by atoms with Crippen LogP contribution < -0.4 is 4.74 Å². The summed E-state index contributed by atoms with van der Waals surface area (Å²) in [4.78, 5) is 22.5. The first-order valence-electron chi connectivity index (χ1n) is 9.18. The zero-order chi connectivity index (χ0) is 19.9. The number of nitrogens with zero attached hydrogens (tertiary/aromatic N) is 3. The molecular formula is C22H22FN3O2. The second-order valence-corrected chi connectivity index (χ2v) is 6.46. The fraction of sp³-hybridized carbons (Fsp3) is 0.227. The van der Waals surface area contributed by atoms with Crippen LogP contribution in [0.4, 0.5) is 4.39 Å². The van der Waals surface area contributed by atoms with Crippen LogP contribution in [-0.2, 0) is 0 Å². The summed E-state index contributed by atoms with van der Waals surface area (Å²) in [5, 5.41) is 0. The monoisotopic (exact) mass is 379 g/mol. The summed E-state index contributed by atoms with van der Waals surface area (Å²) in [6.45, 7) is 2.80. The van der Waals surface area contributed by atoms with Crippen molar-refractivity contribution in [3.63, 3.8) is 0 Å². The molecule has 0 radical (unpaired) electrons. The van der Waals surface area contributed by atoms with Gasteiger partial charge in [-0.3, -0.25) is 4.79 Å². The van der Waals surface area contributed by atoms with Crippen LogP contribution in [0.1, 0.15) is 30.1 Å². The largest absolute Gasteiger partial charge is 0.439 e. The predicted molar refractivity (Wildman–Crippen MR) is 106 cm³/mol. The fourth-order valence-electron chi connectivity index (χ4n) is 2.73. The van der Waals surface area contributed by atoms with E-state index in [0.29, 0.717) is 35.0 Å². The topological polar surface area (TPSA) is 55.3 Å². The van der Waals surface area contributed by atoms with E-state index in [1.165, 1.54) is 18.5 Å². The van der Waals surface area contributed by atoms with E-state index >= 15 is 0 Å². The number of hydrogen-bond acceptors (Lipinski definition) is 4. The summed E-state index contributed by atoms with van der Waals surface area (Å²) >= 11 is 0. The predicted octanol–water partition coefficient (Wildman–Crippen LogP) is 4.95. The van der Waals surface area contributed by atoms with E-state index in [0.717, 1.165) is 12.8 Å². The standard InChI is InChI=1S/C22H22FN3O2/c1-3-4-11-26(2)22(27)17-8-6-10-19(13-17)28-21-14-20(24-15-25-21)16-7-5-9-18(23)12-16/h5-10,12-15H,3-4,11H2,1-2H3. The fourth-order valence-corrected chi connectivity index (χ4v) is 2.73. The third kappa shape index (κ3) is 4.91. The van der Waals surface area contributed by atoms with Gasteiger partial charge in [0.25, 0.3) is 5.91 Å². The van der Waals surface area contributed by atoms with Crippen LogP contribution in [0.2, 0.25) is 0 Å². The number of hydrogen-bond donors (Lipinski definition) is 0. The van der Waals surface area contributed by atoms with Crippen molar-refractivity contribution in [1.29, 1.82) is 0 Å². The Hall–Kier alpha value is -3.28. The van der Waals surface area contributed by atoms with Gasteiger partial charge in [0, 0.05) is 30.8 Å². The molecule has 3 aromatic rings. The van der Waals surface area contributed by atoms with Crippen LogP contribution in [-0.4, -0.2) is 34.4 Å². The highest BCUT2D eigenvalue weighted by Crippen LogP contribution is 2.25. The third-order valence-electron chi connectivity index (χ3n) is 4.26. The van der Waals surface area contributed by atoms with Crippen molar-refractivity contribution in [2.45, 2.75) is 19.8 Å². The van der Waals surface area contributed by atoms with Gasteiger partial charge in [-0.05, 0) is 36.8 Å². The highest BCUT2D eigenvalue weighted by molar-refractivity contribution is 5.94. The molecule has 0 fully saturated rings. The zero-order valence-corrected chi connectivity index (χ0v) is 15.9. The van der Waals surface area contributed by atoms with Gasteiger partial charge in [-0.15, -0.1) is 0 Å². The van der Waals surface area contributed by atoms with E-state index < -0.39 is 0 Å². The maximum absolute atomic E-state index is 13.5. The summed E-state index contributed by atoms with van der Waals surface area (Å²) in [6, 6.07) is 14.8. The zero-order valence-electron chi connectivity index (χ0n) is 15.9. The molecule has 1 aromatic heterocycles. The molecule has 0 saturated heterocycles. The molecule has 0 aliphatic heterocycles. The molecule has 1 amide bonds. The first-order valence-corrected chi connectivity index (χ1v) is 9.18. The number of carbonyl (C=O) groups excluding carboxylic acids is 1. The lowest BCUT2D eigenvalue weighted by Gasteiger charge is -2.17. The number of unbranched alkanes of at least 4 members (excludes halogenated alkanes) is 1. The average Bonchev–Trinajstić information content (AvgIpc) is 2.72. The van der Waals surface area contributed by atoms with Crippen LogP contribution in [0.3, 0.4) is 0 Å². The normalized spacial score (nSPS) is 10.5. The summed E-state index contributed by atoms with van der Waals surface area (Å²) in [5.74, 6) is 0.427. The van der Waals surface area contributed by atoms with Crippen molar-refractivity contribution in [1.82, 2.24) is 14.9 Å². The molecule has 144 valence electrons. The minimum Gasteiger partial charge on any atom is -0.439 e. The number of amides is 1. The molecule has 0 unspecified atom stereocenters. The van der Waals surface area contributed by atoms with Crippen LogP contribution in [0.25, 0.3) is 11.3 Å². The summed E-state index contributed by atoms with van der Waals surface area (Å²) < 4.78 is 19.3. The Bertz CT molecular complexity index is 962. The molecular weight excluding hydrogens is 357 g/mol. The van der Waals surface area contributed by atoms with Crippen molar-refractivity contribution in [3.05, 3.63) is 72.3 Å². The smallest absolute Gasteiger partial charge is 0.253 e. The lowest BCUT2D eigenvalue weighted by Crippen LogP contribution is -2.27. The molecule has 1 heterocycles. The molecule has 5 nitrogen and oxygen atoms in total. The highest BCUT2D eigenvalue weighted by Gasteiger charge is 2.12. The van der Waals surface area contributed by atoms with Crippen molar-refractivity contribution >= 4 is 5.91 Å². The maximum atomic E-state index is 13.5. The van der Waals surface area contributed by atoms with Gasteiger partial charge in [0.15, 0.2) is 0 Å². The Morgan fingerprint density at radius 3 is 2.71 bits per heavy atom. The van der Waals surface area contributed by atoms with Crippen molar-refractivity contribution in [3.8, 4) is 22.9 Å². The minimum absolute atomic E-state index is 0.0537. The minimum atomic E-state index is -0.336. The Balaban J connectivity index is 1.77. The molecule has 0 saturated carbocycles. The average molecular weight is 379 g/mol. The molecule has 0 aliphatic rings. The van der Waals surface area contributed by atoms with E-state index in [4.69, 9.17) is 4.74 Å². The summed E-state index contributed by atoms with van der Waals surface area (Å²) in [6.07, 6.45) is 3.35. The summed E-state index contributed by atoms with van der Waals surface area (Å²) in [7, 11) is 1.79. The van der Waals surface area contributed by atoms with E-state index in [1.54, 1.807) is 54.4 Å². The Morgan fingerprint density at radius 2 is 1.93 bits per heavy atom. The number of ether oxygens (including phenoxy) is 1. The third-order valence-corrected chi connectivity index (χ3v) is 4.26. The van der Waals surface area contributed by atoms with Gasteiger partial charge in [0.2, 0.25) is 5.88 Å². The van der Waals surface area contributed by atoms with Gasteiger partial charge in [-0.2, -0.15) is 0 Å². The molecule has 0 bridgehead atoms. The van der Waals surface area contributed by atoms with E-state index in [2.05, 4.69) is 16.9 Å². The quantitative estimate of drug-likeness (QED) is 0.583. The van der Waals surface area contributed by atoms with Crippen LogP contribution in [0.15, 0.2) is 60.9 Å². The number of aromatic nitrogens is 2.